The number of benzene rings is 1. The third kappa shape index (κ3) is 8.14. The molecule has 2 aliphatic rings. The highest BCUT2D eigenvalue weighted by molar-refractivity contribution is 7.94. The van der Waals surface area contributed by atoms with Gasteiger partial charge < -0.3 is 5.11 Å². The van der Waals surface area contributed by atoms with Gasteiger partial charge in [-0.15, -0.1) is 11.3 Å². The van der Waals surface area contributed by atoms with Gasteiger partial charge in [-0.05, 0) is 35.1 Å². The van der Waals surface area contributed by atoms with Gasteiger partial charge in [0, 0.05) is 5.69 Å². The predicted molar refractivity (Wildman–Crippen MR) is 154 cm³/mol. The van der Waals surface area contributed by atoms with Gasteiger partial charge in [-0.3, -0.25) is 4.72 Å². The summed E-state index contributed by atoms with van der Waals surface area (Å²) in [4.78, 5) is 11.0. The fourth-order valence-electron chi connectivity index (χ4n) is 6.15. The Hall–Kier alpha value is -1.73. The Bertz CT molecular complexity index is 1070. The molecule has 36 heavy (non-hydrogen) atoms. The molecule has 0 aliphatic heterocycles. The Morgan fingerprint density at radius 3 is 1.94 bits per heavy atom. The van der Waals surface area contributed by atoms with Crippen LogP contribution in [0.1, 0.15) is 93.8 Å². The van der Waals surface area contributed by atoms with Crippen LogP contribution in [0.15, 0.2) is 40.6 Å². The number of anilines is 1. The van der Waals surface area contributed by atoms with E-state index in [0.29, 0.717) is 15.7 Å². The highest BCUT2D eigenvalue weighted by atomic mass is 32.2. The van der Waals surface area contributed by atoms with Crippen LogP contribution in [0.25, 0.3) is 0 Å². The van der Waals surface area contributed by atoms with Crippen LogP contribution in [0.4, 0.5) is 5.69 Å². The zero-order chi connectivity index (χ0) is 25.4. The van der Waals surface area contributed by atoms with Gasteiger partial charge in [0.1, 0.15) is 11.5 Å². The van der Waals surface area contributed by atoms with E-state index in [2.05, 4.69) is 4.72 Å². The van der Waals surface area contributed by atoms with E-state index in [-0.39, 0.29) is 5.56 Å². The molecule has 2 aromatic rings. The second-order valence-corrected chi connectivity index (χ2v) is 14.0. The molecule has 1 aromatic heterocycles. The van der Waals surface area contributed by atoms with E-state index in [0.717, 1.165) is 23.7 Å². The van der Waals surface area contributed by atoms with E-state index in [1.54, 1.807) is 6.07 Å². The smallest absolute Gasteiger partial charge is 0.335 e. The van der Waals surface area contributed by atoms with Crippen molar-refractivity contribution < 1.29 is 18.3 Å². The fourth-order valence-corrected chi connectivity index (χ4v) is 8.68. The van der Waals surface area contributed by atoms with Crippen LogP contribution in [0, 0.1) is 0 Å². The lowest BCUT2D eigenvalue weighted by molar-refractivity contribution is 0.0697. The van der Waals surface area contributed by atoms with Crippen LogP contribution in [0.5, 0.6) is 0 Å². The summed E-state index contributed by atoms with van der Waals surface area (Å²) in [6, 6.07) is 9.42. The number of sulfonamides is 1. The summed E-state index contributed by atoms with van der Waals surface area (Å²) in [7, 11) is -1.28. The standard InChI is InChI=1S/C27H39B2NO4S2/c31-27(32)20-14-16-24(17-15-20)30-36(33,34)26-19-18-25(35-26)29-23-12-6-10-22(11-7-13-23)28-21-8-4-2-1-3-5-9-21/h14-19,21-23,28-30H,1-13H2,(H,31,32). The van der Waals surface area contributed by atoms with Crippen molar-refractivity contribution in [1.82, 2.24) is 0 Å². The van der Waals surface area contributed by atoms with E-state index in [1.807, 2.05) is 6.07 Å². The zero-order valence-corrected chi connectivity index (χ0v) is 22.9. The summed E-state index contributed by atoms with van der Waals surface area (Å²) in [6.45, 7) is 0. The molecule has 0 radical (unpaired) electrons. The molecule has 0 spiro atoms. The van der Waals surface area contributed by atoms with E-state index < -0.39 is 16.0 Å². The number of carboxylic acid groups (broad SMARTS) is 1. The van der Waals surface area contributed by atoms with Gasteiger partial charge in [0.25, 0.3) is 10.0 Å². The largest absolute Gasteiger partial charge is 0.478 e. The van der Waals surface area contributed by atoms with Gasteiger partial charge in [0.15, 0.2) is 7.28 Å². The number of carbonyl (C=O) groups is 1. The molecule has 0 bridgehead atoms. The van der Waals surface area contributed by atoms with Gasteiger partial charge >= 0.3 is 5.97 Å². The Kier molecular flexibility index (Phi) is 10.00. The first-order chi connectivity index (χ1) is 17.4. The Balaban J connectivity index is 1.26. The molecule has 0 unspecified atom stereocenters. The Morgan fingerprint density at radius 2 is 1.33 bits per heavy atom. The first kappa shape index (κ1) is 27.3. The summed E-state index contributed by atoms with van der Waals surface area (Å²) in [5, 5.41) is 9.02. The maximum atomic E-state index is 12.8. The first-order valence-corrected chi connectivity index (χ1v) is 16.1. The predicted octanol–water partition coefficient (Wildman–Crippen LogP) is 6.21. The summed E-state index contributed by atoms with van der Waals surface area (Å²) >= 11 is 1.36. The van der Waals surface area contributed by atoms with E-state index in [1.165, 1.54) is 126 Å². The van der Waals surface area contributed by atoms with Gasteiger partial charge in [0.05, 0.1) is 5.56 Å². The fraction of sp³-hybridized carbons (Fsp3) is 0.593. The SMILES string of the molecule is O=C(O)c1ccc(NS(=O)(=O)c2ccc(BC3CCCC(BC4CCCCCCC4)CCC3)s2)cc1. The van der Waals surface area contributed by atoms with E-state index >= 15 is 0 Å². The number of hydrogen-bond acceptors (Lipinski definition) is 4. The molecule has 4 rings (SSSR count). The van der Waals surface area contributed by atoms with Gasteiger partial charge in [0.2, 0.25) is 0 Å². The van der Waals surface area contributed by atoms with Crippen LogP contribution < -0.4 is 9.50 Å². The summed E-state index contributed by atoms with van der Waals surface area (Å²) in [6.07, 6.45) is 17.9. The molecule has 2 aliphatic carbocycles. The van der Waals surface area contributed by atoms with E-state index in [9.17, 15) is 13.2 Å². The van der Waals surface area contributed by atoms with Crippen molar-refractivity contribution in [3.63, 3.8) is 0 Å². The molecule has 2 fully saturated rings. The van der Waals surface area contributed by atoms with Crippen LogP contribution in [-0.2, 0) is 10.0 Å². The molecular formula is C27H39B2NO4S2. The number of rotatable bonds is 8. The molecule has 194 valence electrons. The van der Waals surface area contributed by atoms with Crippen molar-refractivity contribution in [2.24, 2.45) is 0 Å². The lowest BCUT2D eigenvalue weighted by atomic mass is 9.48. The number of carboxylic acids is 1. The molecule has 1 aromatic carbocycles. The maximum absolute atomic E-state index is 12.8. The van der Waals surface area contributed by atoms with Gasteiger partial charge in [-0.25, -0.2) is 13.2 Å². The average Bonchev–Trinajstić information content (AvgIpc) is 3.28. The lowest BCUT2D eigenvalue weighted by Gasteiger charge is -2.27. The lowest BCUT2D eigenvalue weighted by Crippen LogP contribution is -2.20. The summed E-state index contributed by atoms with van der Waals surface area (Å²) in [5.74, 6) is 1.47. The van der Waals surface area contributed by atoms with Crippen molar-refractivity contribution in [3.8, 4) is 0 Å². The van der Waals surface area contributed by atoms with Gasteiger partial charge in [-0.2, -0.15) is 0 Å². The second kappa shape index (κ2) is 13.2. The van der Waals surface area contributed by atoms with Crippen LogP contribution >= 0.6 is 11.3 Å². The second-order valence-electron chi connectivity index (χ2n) is 11.0. The third-order valence-corrected chi connectivity index (χ3v) is 11.1. The topological polar surface area (TPSA) is 83.5 Å². The number of hydrogen-bond donors (Lipinski definition) is 2. The molecule has 1 heterocycles. The quantitative estimate of drug-likeness (QED) is 0.400. The van der Waals surface area contributed by atoms with Crippen LogP contribution in [0.2, 0.25) is 17.5 Å². The van der Waals surface area contributed by atoms with Crippen LogP contribution in [-0.4, -0.2) is 34.1 Å². The monoisotopic (exact) mass is 527 g/mol. The van der Waals surface area contributed by atoms with Gasteiger partial charge in [-0.1, -0.05) is 107 Å². The molecule has 0 saturated heterocycles. The average molecular weight is 527 g/mol. The minimum atomic E-state index is -3.68. The molecular weight excluding hydrogens is 488 g/mol. The molecule has 5 nitrogen and oxygen atoms in total. The molecule has 2 N–H and O–H groups in total. The minimum absolute atomic E-state index is 0.127. The van der Waals surface area contributed by atoms with Crippen molar-refractivity contribution in [1.29, 1.82) is 0 Å². The van der Waals surface area contributed by atoms with Crippen molar-refractivity contribution in [3.05, 3.63) is 42.0 Å². The molecule has 0 amide bonds. The number of thiophene rings is 1. The minimum Gasteiger partial charge on any atom is -0.478 e. The van der Waals surface area contributed by atoms with E-state index in [4.69, 9.17) is 5.11 Å². The first-order valence-electron chi connectivity index (χ1n) is 13.8. The normalized spacial score (nSPS) is 22.4. The number of nitrogens with one attached hydrogen (secondary N) is 1. The van der Waals surface area contributed by atoms with Crippen molar-refractivity contribution >= 4 is 52.4 Å². The Morgan fingerprint density at radius 1 is 0.778 bits per heavy atom. The van der Waals surface area contributed by atoms with Crippen molar-refractivity contribution in [2.45, 2.75) is 105 Å². The molecule has 9 heteroatoms. The highest BCUT2D eigenvalue weighted by Gasteiger charge is 2.24. The number of aromatic carboxylic acids is 1. The highest BCUT2D eigenvalue weighted by Crippen LogP contribution is 2.36. The van der Waals surface area contributed by atoms with Crippen molar-refractivity contribution in [2.75, 3.05) is 4.72 Å². The Labute approximate surface area is 222 Å². The summed E-state index contributed by atoms with van der Waals surface area (Å²) in [5.41, 5.74) is 0.491. The molecule has 0 atom stereocenters. The summed E-state index contributed by atoms with van der Waals surface area (Å²) < 4.78 is 29.7. The third-order valence-electron chi connectivity index (χ3n) is 8.12. The molecule has 2 saturated carbocycles. The maximum Gasteiger partial charge on any atom is 0.335 e. The van der Waals surface area contributed by atoms with Crippen LogP contribution in [0.3, 0.4) is 0 Å². The zero-order valence-electron chi connectivity index (χ0n) is 21.3.